The first-order valence-electron chi connectivity index (χ1n) is 11.5. The summed E-state index contributed by atoms with van der Waals surface area (Å²) in [5.41, 5.74) is 2.61. The summed E-state index contributed by atoms with van der Waals surface area (Å²) in [5, 5.41) is 3.40. The summed E-state index contributed by atoms with van der Waals surface area (Å²) in [4.78, 5) is 21.5. The number of piperidine rings is 2. The van der Waals surface area contributed by atoms with Crippen molar-refractivity contribution in [3.63, 3.8) is 0 Å². The second-order valence-corrected chi connectivity index (χ2v) is 8.59. The Morgan fingerprint density at radius 1 is 1.10 bits per heavy atom. The highest BCUT2D eigenvalue weighted by Crippen LogP contribution is 2.20. The van der Waals surface area contributed by atoms with E-state index in [2.05, 4.69) is 53.2 Å². The van der Waals surface area contributed by atoms with Crippen LogP contribution in [-0.4, -0.2) is 61.1 Å². The van der Waals surface area contributed by atoms with Gasteiger partial charge in [-0.3, -0.25) is 9.69 Å². The number of nitrogens with one attached hydrogen (secondary N) is 1. The number of methoxy groups -OCH3 is 1. The molecule has 1 aromatic carbocycles. The fourth-order valence-corrected chi connectivity index (χ4v) is 4.46. The predicted octanol–water partition coefficient (Wildman–Crippen LogP) is 3.41. The van der Waals surface area contributed by atoms with Gasteiger partial charge in [-0.2, -0.15) is 0 Å². The number of carbonyl (C=O) groups is 1. The molecule has 6 heteroatoms. The Kier molecular flexibility index (Phi) is 8.55. The van der Waals surface area contributed by atoms with Crippen LogP contribution in [0, 0.1) is 5.92 Å². The predicted molar refractivity (Wildman–Crippen MR) is 121 cm³/mol. The van der Waals surface area contributed by atoms with E-state index in [1.54, 1.807) is 0 Å². The molecule has 2 fully saturated rings. The molecule has 0 aromatic heterocycles. The zero-order chi connectivity index (χ0) is 21.3. The van der Waals surface area contributed by atoms with Crippen LogP contribution in [0.25, 0.3) is 0 Å². The van der Waals surface area contributed by atoms with E-state index in [-0.39, 0.29) is 11.9 Å². The quantitative estimate of drug-likeness (QED) is 0.439. The van der Waals surface area contributed by atoms with E-state index < -0.39 is 0 Å². The van der Waals surface area contributed by atoms with Gasteiger partial charge in [-0.25, -0.2) is 4.99 Å². The van der Waals surface area contributed by atoms with Crippen molar-refractivity contribution in [2.24, 2.45) is 10.9 Å². The molecule has 2 saturated heterocycles. The van der Waals surface area contributed by atoms with Gasteiger partial charge >= 0.3 is 5.97 Å². The van der Waals surface area contributed by atoms with Gasteiger partial charge in [0.05, 0.1) is 19.6 Å². The highest BCUT2D eigenvalue weighted by atomic mass is 16.5. The van der Waals surface area contributed by atoms with E-state index >= 15 is 0 Å². The molecule has 0 spiro atoms. The van der Waals surface area contributed by atoms with Crippen LogP contribution in [0.5, 0.6) is 0 Å². The molecule has 0 amide bonds. The molecule has 0 aliphatic carbocycles. The third-order valence-electron chi connectivity index (χ3n) is 6.42. The number of aliphatic imine (C=N–C) groups is 1. The summed E-state index contributed by atoms with van der Waals surface area (Å²) in [5.74, 6) is 0.868. The highest BCUT2D eigenvalue weighted by Gasteiger charge is 2.27. The first kappa shape index (κ1) is 22.6. The molecule has 1 unspecified atom stereocenters. The lowest BCUT2D eigenvalue weighted by atomic mass is 9.97. The number of guanidine groups is 1. The van der Waals surface area contributed by atoms with Crippen LogP contribution in [0.4, 0.5) is 0 Å². The second kappa shape index (κ2) is 11.3. The number of hydrogen-bond acceptors (Lipinski definition) is 4. The summed E-state index contributed by atoms with van der Waals surface area (Å²) in [6.07, 6.45) is 5.64. The van der Waals surface area contributed by atoms with E-state index in [4.69, 9.17) is 9.73 Å². The average molecular weight is 415 g/mol. The van der Waals surface area contributed by atoms with Crippen LogP contribution >= 0.6 is 0 Å². The molecule has 166 valence electrons. The number of likely N-dealkylation sites (tertiary alicyclic amines) is 2. The van der Waals surface area contributed by atoms with Gasteiger partial charge in [0.25, 0.3) is 0 Å². The molecule has 0 radical (unpaired) electrons. The van der Waals surface area contributed by atoms with Crippen molar-refractivity contribution in [2.75, 3.05) is 33.3 Å². The largest absolute Gasteiger partial charge is 0.469 e. The van der Waals surface area contributed by atoms with Crippen molar-refractivity contribution in [1.29, 1.82) is 0 Å². The lowest BCUT2D eigenvalue weighted by molar-refractivity contribution is -0.146. The molecular formula is C24H38N4O2. The van der Waals surface area contributed by atoms with Crippen molar-refractivity contribution in [1.82, 2.24) is 15.1 Å². The highest BCUT2D eigenvalue weighted by molar-refractivity contribution is 5.80. The molecule has 1 aromatic rings. The number of carbonyl (C=O) groups excluding carboxylic acids is 1. The van der Waals surface area contributed by atoms with Crippen LogP contribution in [0.15, 0.2) is 29.3 Å². The topological polar surface area (TPSA) is 57.2 Å². The van der Waals surface area contributed by atoms with E-state index in [9.17, 15) is 4.79 Å². The SMILES string of the molecule is CCNC(=NCc1ccc(CN2CCCCC2C)cc1)N1CCC(C(=O)OC)CC1. The fourth-order valence-electron chi connectivity index (χ4n) is 4.46. The van der Waals surface area contributed by atoms with Crippen LogP contribution in [0.2, 0.25) is 0 Å². The van der Waals surface area contributed by atoms with Gasteiger partial charge in [0.2, 0.25) is 0 Å². The van der Waals surface area contributed by atoms with Crippen LogP contribution < -0.4 is 5.32 Å². The standard InChI is InChI=1S/C24H38N4O2/c1-4-25-24(27-15-12-22(13-16-27)23(29)30-3)26-17-20-8-10-21(11-9-20)18-28-14-6-5-7-19(28)2/h8-11,19,22H,4-7,12-18H2,1-3H3,(H,25,26). The zero-order valence-electron chi connectivity index (χ0n) is 18.9. The second-order valence-electron chi connectivity index (χ2n) is 8.59. The summed E-state index contributed by atoms with van der Waals surface area (Å²) in [6.45, 7) is 9.86. The Morgan fingerprint density at radius 3 is 2.43 bits per heavy atom. The molecule has 2 heterocycles. The van der Waals surface area contributed by atoms with Crippen molar-refractivity contribution in [2.45, 2.75) is 65.1 Å². The lowest BCUT2D eigenvalue weighted by Crippen LogP contribution is -2.46. The maximum absolute atomic E-state index is 11.8. The van der Waals surface area contributed by atoms with E-state index in [1.165, 1.54) is 44.0 Å². The molecule has 1 N–H and O–H groups in total. The zero-order valence-corrected chi connectivity index (χ0v) is 18.9. The molecular weight excluding hydrogens is 376 g/mol. The molecule has 0 saturated carbocycles. The smallest absolute Gasteiger partial charge is 0.308 e. The summed E-state index contributed by atoms with van der Waals surface area (Å²) in [6, 6.07) is 9.61. The van der Waals surface area contributed by atoms with Crippen LogP contribution in [0.3, 0.4) is 0 Å². The number of ether oxygens (including phenoxy) is 1. The van der Waals surface area contributed by atoms with Crippen molar-refractivity contribution in [3.05, 3.63) is 35.4 Å². The molecule has 2 aliphatic rings. The number of benzene rings is 1. The maximum atomic E-state index is 11.8. The van der Waals surface area contributed by atoms with Crippen molar-refractivity contribution in [3.8, 4) is 0 Å². The third-order valence-corrected chi connectivity index (χ3v) is 6.42. The Bertz CT molecular complexity index is 696. The molecule has 2 aliphatic heterocycles. The monoisotopic (exact) mass is 414 g/mol. The number of hydrogen-bond donors (Lipinski definition) is 1. The van der Waals surface area contributed by atoms with Gasteiger partial charge in [-0.05, 0) is 57.2 Å². The van der Waals surface area contributed by atoms with Gasteiger partial charge in [-0.15, -0.1) is 0 Å². The van der Waals surface area contributed by atoms with Crippen molar-refractivity contribution >= 4 is 11.9 Å². The molecule has 6 nitrogen and oxygen atoms in total. The average Bonchev–Trinajstić information content (AvgIpc) is 2.79. The Labute approximate surface area is 181 Å². The van der Waals surface area contributed by atoms with Gasteiger partial charge in [-0.1, -0.05) is 30.7 Å². The van der Waals surface area contributed by atoms with Crippen LogP contribution in [0.1, 0.15) is 57.1 Å². The molecule has 30 heavy (non-hydrogen) atoms. The molecule has 3 rings (SSSR count). The van der Waals surface area contributed by atoms with Crippen molar-refractivity contribution < 1.29 is 9.53 Å². The molecule has 0 bridgehead atoms. The minimum Gasteiger partial charge on any atom is -0.469 e. The van der Waals surface area contributed by atoms with E-state index in [0.29, 0.717) is 12.6 Å². The maximum Gasteiger partial charge on any atom is 0.308 e. The third kappa shape index (κ3) is 6.21. The van der Waals surface area contributed by atoms with Gasteiger partial charge in [0, 0.05) is 32.2 Å². The van der Waals surface area contributed by atoms with Gasteiger partial charge in [0.1, 0.15) is 0 Å². The minimum absolute atomic E-state index is 0.0179. The Balaban J connectivity index is 1.55. The van der Waals surface area contributed by atoms with Crippen LogP contribution in [-0.2, 0) is 22.6 Å². The number of nitrogens with zero attached hydrogens (tertiary/aromatic N) is 3. The normalized spacial score (nSPS) is 21.5. The first-order chi connectivity index (χ1) is 14.6. The lowest BCUT2D eigenvalue weighted by Gasteiger charge is -2.33. The van der Waals surface area contributed by atoms with Gasteiger partial charge in [0.15, 0.2) is 5.96 Å². The van der Waals surface area contributed by atoms with E-state index in [0.717, 1.165) is 45.0 Å². The minimum atomic E-state index is -0.0874. The Morgan fingerprint density at radius 2 is 1.80 bits per heavy atom. The fraction of sp³-hybridized carbons (Fsp3) is 0.667. The summed E-state index contributed by atoms with van der Waals surface area (Å²) >= 11 is 0. The van der Waals surface area contributed by atoms with E-state index in [1.807, 2.05) is 0 Å². The Hall–Kier alpha value is -2.08. The summed E-state index contributed by atoms with van der Waals surface area (Å²) < 4.78 is 4.90. The number of esters is 1. The summed E-state index contributed by atoms with van der Waals surface area (Å²) in [7, 11) is 1.47. The van der Waals surface area contributed by atoms with Gasteiger partial charge < -0.3 is 15.0 Å². The number of rotatable bonds is 6. The molecule has 1 atom stereocenters. The first-order valence-corrected chi connectivity index (χ1v) is 11.5.